The van der Waals surface area contributed by atoms with Crippen LogP contribution in [0.15, 0.2) is 0 Å². The van der Waals surface area contributed by atoms with Crippen molar-refractivity contribution in [1.29, 1.82) is 0 Å². The van der Waals surface area contributed by atoms with E-state index in [4.69, 9.17) is 0 Å². The lowest BCUT2D eigenvalue weighted by atomic mass is 9.98. The van der Waals surface area contributed by atoms with Gasteiger partial charge in [0, 0.05) is 42.6 Å². The Balaban J connectivity index is 1.75. The fourth-order valence-electron chi connectivity index (χ4n) is 3.34. The fourth-order valence-corrected chi connectivity index (χ4v) is 4.22. The molecule has 0 spiro atoms. The van der Waals surface area contributed by atoms with Crippen LogP contribution in [0.4, 0.5) is 5.13 Å². The summed E-state index contributed by atoms with van der Waals surface area (Å²) in [5, 5.41) is 4.83. The zero-order valence-electron chi connectivity index (χ0n) is 11.2. The first-order valence-electron chi connectivity index (χ1n) is 7.15. The molecule has 2 aliphatic rings. The van der Waals surface area contributed by atoms with Crippen molar-refractivity contribution in [2.24, 2.45) is 0 Å². The molecule has 0 aliphatic carbocycles. The summed E-state index contributed by atoms with van der Waals surface area (Å²) < 4.78 is 4.43. The SMILES string of the molecule is CCc1nsc(N(CC)C2CC3CCC(C2)N3)n1. The molecule has 2 unspecified atom stereocenters. The van der Waals surface area contributed by atoms with Crippen molar-refractivity contribution in [3.63, 3.8) is 0 Å². The molecule has 2 atom stereocenters. The lowest BCUT2D eigenvalue weighted by Crippen LogP contribution is -2.48. The topological polar surface area (TPSA) is 41.1 Å². The number of piperidine rings is 1. The highest BCUT2D eigenvalue weighted by molar-refractivity contribution is 7.09. The van der Waals surface area contributed by atoms with Crippen molar-refractivity contribution in [3.8, 4) is 0 Å². The lowest BCUT2D eigenvalue weighted by molar-refractivity contribution is 0.349. The largest absolute Gasteiger partial charge is 0.344 e. The number of fused-ring (bicyclic) bond motifs is 2. The van der Waals surface area contributed by atoms with E-state index in [1.165, 1.54) is 25.7 Å². The Morgan fingerprint density at radius 3 is 2.56 bits per heavy atom. The summed E-state index contributed by atoms with van der Waals surface area (Å²) in [7, 11) is 0. The third-order valence-electron chi connectivity index (χ3n) is 4.25. The number of hydrogen-bond acceptors (Lipinski definition) is 5. The molecular formula is C13H22N4S. The summed E-state index contributed by atoms with van der Waals surface area (Å²) in [6, 6.07) is 2.13. The molecule has 0 amide bonds. The molecular weight excluding hydrogens is 244 g/mol. The molecule has 100 valence electrons. The Bertz CT molecular complexity index is 393. The van der Waals surface area contributed by atoms with Gasteiger partial charge in [0.1, 0.15) is 5.82 Å². The van der Waals surface area contributed by atoms with Crippen LogP contribution in [0.5, 0.6) is 0 Å². The van der Waals surface area contributed by atoms with Gasteiger partial charge >= 0.3 is 0 Å². The molecule has 2 bridgehead atoms. The van der Waals surface area contributed by atoms with Gasteiger partial charge in [-0.15, -0.1) is 0 Å². The van der Waals surface area contributed by atoms with Crippen molar-refractivity contribution in [3.05, 3.63) is 5.82 Å². The molecule has 0 radical (unpaired) electrons. The van der Waals surface area contributed by atoms with Gasteiger partial charge in [0.15, 0.2) is 0 Å². The molecule has 1 aromatic rings. The zero-order valence-corrected chi connectivity index (χ0v) is 12.0. The quantitative estimate of drug-likeness (QED) is 0.907. The summed E-state index contributed by atoms with van der Waals surface area (Å²) in [5.41, 5.74) is 0. The van der Waals surface area contributed by atoms with Crippen LogP contribution in [0, 0.1) is 0 Å². The Labute approximate surface area is 113 Å². The minimum Gasteiger partial charge on any atom is -0.344 e. The number of nitrogens with zero attached hydrogens (tertiary/aromatic N) is 3. The Morgan fingerprint density at radius 1 is 1.28 bits per heavy atom. The molecule has 5 heteroatoms. The molecule has 2 fully saturated rings. The van der Waals surface area contributed by atoms with Crippen molar-refractivity contribution in [2.75, 3.05) is 11.4 Å². The first-order chi connectivity index (χ1) is 8.80. The van der Waals surface area contributed by atoms with Crippen LogP contribution < -0.4 is 10.2 Å². The summed E-state index contributed by atoms with van der Waals surface area (Å²) in [6.45, 7) is 5.40. The number of rotatable bonds is 4. The van der Waals surface area contributed by atoms with E-state index >= 15 is 0 Å². The number of aromatic nitrogens is 2. The number of nitrogens with one attached hydrogen (secondary N) is 1. The Hall–Kier alpha value is -0.680. The van der Waals surface area contributed by atoms with Crippen LogP contribution in [-0.2, 0) is 6.42 Å². The van der Waals surface area contributed by atoms with Crippen LogP contribution in [0.25, 0.3) is 0 Å². The van der Waals surface area contributed by atoms with Gasteiger partial charge in [-0.05, 0) is 32.6 Å². The van der Waals surface area contributed by atoms with Gasteiger partial charge in [-0.25, -0.2) is 4.98 Å². The van der Waals surface area contributed by atoms with Gasteiger partial charge in [0.05, 0.1) is 0 Å². The number of hydrogen-bond donors (Lipinski definition) is 1. The molecule has 2 aliphatic heterocycles. The Morgan fingerprint density at radius 2 is 2.00 bits per heavy atom. The molecule has 1 aromatic heterocycles. The standard InChI is InChI=1S/C13H22N4S/c1-3-12-15-13(18-16-12)17(4-2)11-7-9-5-6-10(8-11)14-9/h9-11,14H,3-8H2,1-2H3. The van der Waals surface area contributed by atoms with Crippen LogP contribution in [0.3, 0.4) is 0 Å². The summed E-state index contributed by atoms with van der Waals surface area (Å²) in [6.07, 6.45) is 6.19. The highest BCUT2D eigenvalue weighted by Gasteiger charge is 2.36. The van der Waals surface area contributed by atoms with E-state index < -0.39 is 0 Å². The lowest BCUT2D eigenvalue weighted by Gasteiger charge is -2.36. The van der Waals surface area contributed by atoms with E-state index in [0.717, 1.165) is 36.0 Å². The summed E-state index contributed by atoms with van der Waals surface area (Å²) in [5.74, 6) is 0.991. The first-order valence-corrected chi connectivity index (χ1v) is 7.92. The fraction of sp³-hybridized carbons (Fsp3) is 0.846. The van der Waals surface area contributed by atoms with Gasteiger partial charge < -0.3 is 10.2 Å². The van der Waals surface area contributed by atoms with Crippen molar-refractivity contribution in [2.45, 2.75) is 64.1 Å². The molecule has 18 heavy (non-hydrogen) atoms. The smallest absolute Gasteiger partial charge is 0.205 e. The maximum atomic E-state index is 4.66. The minimum atomic E-state index is 0.659. The third-order valence-corrected chi connectivity index (χ3v) is 5.04. The number of aryl methyl sites for hydroxylation is 1. The van der Waals surface area contributed by atoms with E-state index in [1.54, 1.807) is 11.5 Å². The summed E-state index contributed by atoms with van der Waals surface area (Å²) in [4.78, 5) is 7.13. The van der Waals surface area contributed by atoms with Crippen molar-refractivity contribution in [1.82, 2.24) is 14.7 Å². The average Bonchev–Trinajstić information content (AvgIpc) is 2.98. The second-order valence-corrected chi connectivity index (χ2v) is 6.13. The van der Waals surface area contributed by atoms with E-state index in [2.05, 4.69) is 33.4 Å². The maximum absolute atomic E-state index is 4.66. The van der Waals surface area contributed by atoms with E-state index in [1.807, 2.05) is 0 Å². The van der Waals surface area contributed by atoms with Crippen LogP contribution in [0.2, 0.25) is 0 Å². The summed E-state index contributed by atoms with van der Waals surface area (Å²) >= 11 is 1.57. The highest BCUT2D eigenvalue weighted by atomic mass is 32.1. The van der Waals surface area contributed by atoms with Gasteiger partial charge in [0.25, 0.3) is 0 Å². The Kier molecular flexibility index (Phi) is 3.52. The second kappa shape index (κ2) is 5.13. The van der Waals surface area contributed by atoms with E-state index in [9.17, 15) is 0 Å². The predicted octanol–water partition coefficient (Wildman–Crippen LogP) is 2.21. The van der Waals surface area contributed by atoms with Crippen LogP contribution in [0.1, 0.15) is 45.4 Å². The third kappa shape index (κ3) is 2.26. The van der Waals surface area contributed by atoms with Crippen molar-refractivity contribution >= 4 is 16.7 Å². The molecule has 3 heterocycles. The van der Waals surface area contributed by atoms with Crippen LogP contribution in [-0.4, -0.2) is 34.0 Å². The average molecular weight is 266 g/mol. The highest BCUT2D eigenvalue weighted by Crippen LogP contribution is 2.32. The molecule has 2 saturated heterocycles. The van der Waals surface area contributed by atoms with E-state index in [-0.39, 0.29) is 0 Å². The predicted molar refractivity (Wildman–Crippen MR) is 75.3 cm³/mol. The van der Waals surface area contributed by atoms with Crippen LogP contribution >= 0.6 is 11.5 Å². The first kappa shape index (κ1) is 12.4. The van der Waals surface area contributed by atoms with Crippen molar-refractivity contribution < 1.29 is 0 Å². The molecule has 0 saturated carbocycles. The monoisotopic (exact) mass is 266 g/mol. The molecule has 1 N–H and O–H groups in total. The van der Waals surface area contributed by atoms with E-state index in [0.29, 0.717) is 6.04 Å². The molecule has 3 rings (SSSR count). The molecule has 4 nitrogen and oxygen atoms in total. The normalized spacial score (nSPS) is 30.7. The number of anilines is 1. The molecule has 0 aromatic carbocycles. The zero-order chi connectivity index (χ0) is 12.5. The maximum Gasteiger partial charge on any atom is 0.205 e. The van der Waals surface area contributed by atoms with Gasteiger partial charge in [0.2, 0.25) is 5.13 Å². The second-order valence-electron chi connectivity index (χ2n) is 5.40. The van der Waals surface area contributed by atoms with Gasteiger partial charge in [-0.2, -0.15) is 4.37 Å². The van der Waals surface area contributed by atoms with Gasteiger partial charge in [-0.1, -0.05) is 6.92 Å². The van der Waals surface area contributed by atoms with Gasteiger partial charge in [-0.3, -0.25) is 0 Å². The minimum absolute atomic E-state index is 0.659.